The number of allylic oxidation sites excluding steroid dienone is 1. The Kier molecular flexibility index (Phi) is 4.94. The van der Waals surface area contributed by atoms with Crippen LogP contribution in [-0.4, -0.2) is 13.2 Å². The molecule has 0 aliphatic carbocycles. The van der Waals surface area contributed by atoms with E-state index in [1.165, 1.54) is 6.08 Å². The predicted octanol–water partition coefficient (Wildman–Crippen LogP) is 3.02. The number of nitrogens with zero attached hydrogens (tertiary/aromatic N) is 1. The second-order valence-corrected chi connectivity index (χ2v) is 3.03. The summed E-state index contributed by atoms with van der Waals surface area (Å²) in [5.74, 6) is 1.54. The van der Waals surface area contributed by atoms with Crippen LogP contribution in [0.1, 0.15) is 19.4 Å². The summed E-state index contributed by atoms with van der Waals surface area (Å²) in [6.07, 6.45) is 3.14. The molecule has 0 atom stereocenters. The Bertz CT molecular complexity index is 405. The van der Waals surface area contributed by atoms with Crippen LogP contribution in [-0.2, 0) is 0 Å². The van der Waals surface area contributed by atoms with E-state index < -0.39 is 0 Å². The van der Waals surface area contributed by atoms with Gasteiger partial charge in [-0.3, -0.25) is 0 Å². The highest BCUT2D eigenvalue weighted by Gasteiger charge is 2.02. The van der Waals surface area contributed by atoms with Crippen molar-refractivity contribution >= 4 is 6.08 Å². The van der Waals surface area contributed by atoms with Crippen molar-refractivity contribution in [1.29, 1.82) is 5.26 Å². The molecule has 1 aromatic carbocycles. The normalized spacial score (nSPS) is 10.1. The Hall–Kier alpha value is -1.95. The SMILES string of the molecule is CCOc1ccc(OCC)c(/C=C/C#N)c1. The van der Waals surface area contributed by atoms with Gasteiger partial charge in [0.05, 0.1) is 19.3 Å². The van der Waals surface area contributed by atoms with Crippen molar-refractivity contribution in [2.75, 3.05) is 13.2 Å². The second-order valence-electron chi connectivity index (χ2n) is 3.03. The average molecular weight is 217 g/mol. The fourth-order valence-electron chi connectivity index (χ4n) is 1.33. The Morgan fingerprint density at radius 2 is 2.00 bits per heavy atom. The summed E-state index contributed by atoms with van der Waals surface area (Å²) in [4.78, 5) is 0. The number of hydrogen-bond donors (Lipinski definition) is 0. The van der Waals surface area contributed by atoms with E-state index in [2.05, 4.69) is 0 Å². The minimum Gasteiger partial charge on any atom is -0.494 e. The quantitative estimate of drug-likeness (QED) is 0.712. The van der Waals surface area contributed by atoms with Gasteiger partial charge in [-0.2, -0.15) is 5.26 Å². The first-order valence-electron chi connectivity index (χ1n) is 5.27. The molecule has 0 unspecified atom stereocenters. The molecule has 0 aromatic heterocycles. The van der Waals surface area contributed by atoms with Crippen molar-refractivity contribution in [3.63, 3.8) is 0 Å². The van der Waals surface area contributed by atoms with Crippen molar-refractivity contribution in [2.45, 2.75) is 13.8 Å². The average Bonchev–Trinajstić information content (AvgIpc) is 2.30. The van der Waals surface area contributed by atoms with Crippen molar-refractivity contribution in [3.05, 3.63) is 29.8 Å². The Labute approximate surface area is 95.9 Å². The highest BCUT2D eigenvalue weighted by atomic mass is 16.5. The molecule has 0 aliphatic rings. The van der Waals surface area contributed by atoms with Crippen LogP contribution in [0.2, 0.25) is 0 Å². The van der Waals surface area contributed by atoms with Crippen LogP contribution in [0.25, 0.3) is 6.08 Å². The van der Waals surface area contributed by atoms with Crippen LogP contribution in [0.5, 0.6) is 11.5 Å². The van der Waals surface area contributed by atoms with E-state index in [-0.39, 0.29) is 0 Å². The van der Waals surface area contributed by atoms with E-state index in [0.717, 1.165) is 17.1 Å². The van der Waals surface area contributed by atoms with Crippen LogP contribution in [0.4, 0.5) is 0 Å². The van der Waals surface area contributed by atoms with E-state index in [0.29, 0.717) is 13.2 Å². The Morgan fingerprint density at radius 1 is 1.25 bits per heavy atom. The van der Waals surface area contributed by atoms with Crippen LogP contribution < -0.4 is 9.47 Å². The molecule has 0 radical (unpaired) electrons. The van der Waals surface area contributed by atoms with Gasteiger partial charge in [-0.1, -0.05) is 0 Å². The molecule has 0 amide bonds. The molecule has 0 aliphatic heterocycles. The summed E-state index contributed by atoms with van der Waals surface area (Å²) in [5.41, 5.74) is 0.856. The maximum atomic E-state index is 8.51. The van der Waals surface area contributed by atoms with Crippen molar-refractivity contribution in [2.24, 2.45) is 0 Å². The van der Waals surface area contributed by atoms with E-state index in [1.807, 2.05) is 38.1 Å². The molecule has 16 heavy (non-hydrogen) atoms. The van der Waals surface area contributed by atoms with Gasteiger partial charge in [0.1, 0.15) is 11.5 Å². The predicted molar refractivity (Wildman–Crippen MR) is 63.4 cm³/mol. The first-order chi connectivity index (χ1) is 7.81. The van der Waals surface area contributed by atoms with Gasteiger partial charge in [0.15, 0.2) is 0 Å². The van der Waals surface area contributed by atoms with E-state index >= 15 is 0 Å². The lowest BCUT2D eigenvalue weighted by molar-refractivity contribution is 0.330. The van der Waals surface area contributed by atoms with Crippen molar-refractivity contribution < 1.29 is 9.47 Å². The molecular formula is C13H15NO2. The van der Waals surface area contributed by atoms with Crippen LogP contribution in [0.15, 0.2) is 24.3 Å². The largest absolute Gasteiger partial charge is 0.494 e. The monoisotopic (exact) mass is 217 g/mol. The molecule has 1 rings (SSSR count). The topological polar surface area (TPSA) is 42.2 Å². The number of nitriles is 1. The van der Waals surface area contributed by atoms with Gasteiger partial charge >= 0.3 is 0 Å². The van der Waals surface area contributed by atoms with E-state index in [4.69, 9.17) is 14.7 Å². The van der Waals surface area contributed by atoms with Gasteiger partial charge in [0.25, 0.3) is 0 Å². The number of ether oxygens (including phenoxy) is 2. The summed E-state index contributed by atoms with van der Waals surface area (Å²) in [7, 11) is 0. The minimum absolute atomic E-state index is 0.599. The second kappa shape index (κ2) is 6.52. The lowest BCUT2D eigenvalue weighted by Crippen LogP contribution is -1.96. The van der Waals surface area contributed by atoms with Gasteiger partial charge in [0.2, 0.25) is 0 Å². The molecule has 0 spiro atoms. The molecule has 3 nitrogen and oxygen atoms in total. The fraction of sp³-hybridized carbons (Fsp3) is 0.308. The highest BCUT2D eigenvalue weighted by Crippen LogP contribution is 2.25. The lowest BCUT2D eigenvalue weighted by Gasteiger charge is -2.09. The number of rotatable bonds is 5. The molecule has 84 valence electrons. The maximum absolute atomic E-state index is 8.51. The zero-order valence-corrected chi connectivity index (χ0v) is 9.56. The third-order valence-electron chi connectivity index (χ3n) is 1.93. The summed E-state index contributed by atoms with van der Waals surface area (Å²) in [5, 5.41) is 8.51. The van der Waals surface area contributed by atoms with E-state index in [1.54, 1.807) is 6.08 Å². The molecule has 0 bridgehead atoms. The maximum Gasteiger partial charge on any atom is 0.126 e. The molecular weight excluding hydrogens is 202 g/mol. The molecule has 1 aromatic rings. The van der Waals surface area contributed by atoms with Gasteiger partial charge in [-0.15, -0.1) is 0 Å². The first kappa shape index (κ1) is 12.1. The molecule has 0 fully saturated rings. The van der Waals surface area contributed by atoms with Crippen LogP contribution >= 0.6 is 0 Å². The highest BCUT2D eigenvalue weighted by molar-refractivity contribution is 5.61. The summed E-state index contributed by atoms with van der Waals surface area (Å²) < 4.78 is 10.8. The number of hydrogen-bond acceptors (Lipinski definition) is 3. The van der Waals surface area contributed by atoms with Gasteiger partial charge in [-0.25, -0.2) is 0 Å². The number of benzene rings is 1. The van der Waals surface area contributed by atoms with Crippen molar-refractivity contribution in [3.8, 4) is 17.6 Å². The first-order valence-corrected chi connectivity index (χ1v) is 5.27. The van der Waals surface area contributed by atoms with Crippen LogP contribution in [0, 0.1) is 11.3 Å². The standard InChI is InChI=1S/C13H15NO2/c1-3-15-12-7-8-13(16-4-2)11(10-12)6-5-9-14/h5-8,10H,3-4H2,1-2H3/b6-5+. The fourth-order valence-corrected chi connectivity index (χ4v) is 1.33. The zero-order valence-electron chi connectivity index (χ0n) is 9.56. The molecule has 0 saturated carbocycles. The summed E-state index contributed by atoms with van der Waals surface area (Å²) >= 11 is 0. The molecule has 3 heteroatoms. The molecule has 0 heterocycles. The zero-order chi connectivity index (χ0) is 11.8. The van der Waals surface area contributed by atoms with Gasteiger partial charge in [-0.05, 0) is 38.1 Å². The van der Waals surface area contributed by atoms with Crippen LogP contribution in [0.3, 0.4) is 0 Å². The third kappa shape index (κ3) is 3.32. The summed E-state index contributed by atoms with van der Waals surface area (Å²) in [6.45, 7) is 5.08. The summed E-state index contributed by atoms with van der Waals surface area (Å²) in [6, 6.07) is 7.54. The van der Waals surface area contributed by atoms with Gasteiger partial charge < -0.3 is 9.47 Å². The van der Waals surface area contributed by atoms with Crippen molar-refractivity contribution in [1.82, 2.24) is 0 Å². The van der Waals surface area contributed by atoms with Gasteiger partial charge in [0, 0.05) is 11.6 Å². The third-order valence-corrected chi connectivity index (χ3v) is 1.93. The Balaban J connectivity index is 3.01. The molecule has 0 saturated heterocycles. The smallest absolute Gasteiger partial charge is 0.126 e. The molecule has 0 N–H and O–H groups in total. The minimum atomic E-state index is 0.599. The lowest BCUT2D eigenvalue weighted by atomic mass is 10.1. The Morgan fingerprint density at radius 3 is 2.62 bits per heavy atom. The van der Waals surface area contributed by atoms with E-state index in [9.17, 15) is 0 Å².